The van der Waals surface area contributed by atoms with E-state index in [-0.39, 0.29) is 44.9 Å². The number of aromatic hydroxyl groups is 1. The molecule has 0 spiro atoms. The molecule has 4 rings (SSSR count). The molecule has 6 nitrogen and oxygen atoms in total. The maximum Gasteiger partial charge on any atom is 0.342 e. The van der Waals surface area contributed by atoms with Gasteiger partial charge in [-0.05, 0) is 49.0 Å². The number of aliphatic hydroxyl groups is 1. The van der Waals surface area contributed by atoms with Crippen molar-refractivity contribution in [2.45, 2.75) is 58.7 Å². The van der Waals surface area contributed by atoms with E-state index in [0.29, 0.717) is 18.3 Å². The van der Waals surface area contributed by atoms with Crippen molar-refractivity contribution < 1.29 is 29.3 Å². The molecule has 2 saturated carbocycles. The number of aldehydes is 1. The van der Waals surface area contributed by atoms with Crippen LogP contribution < -0.4 is 4.74 Å². The Balaban J connectivity index is 1.66. The molecule has 0 heterocycles. The molecule has 2 N–H and O–H groups in total. The van der Waals surface area contributed by atoms with Crippen LogP contribution in [0, 0.1) is 29.6 Å². The van der Waals surface area contributed by atoms with Crippen LogP contribution in [0.4, 0.5) is 0 Å². The molecular weight excluding hydrogens is 420 g/mol. The Kier molecular flexibility index (Phi) is 4.98. The number of benzene rings is 1. The first-order valence-electron chi connectivity index (χ1n) is 10.6. The van der Waals surface area contributed by atoms with Gasteiger partial charge in [-0.25, -0.2) is 4.79 Å². The number of carbonyl (C=O) groups excluding carboxylic acids is 2. The summed E-state index contributed by atoms with van der Waals surface area (Å²) in [7, 11) is 1.41. The summed E-state index contributed by atoms with van der Waals surface area (Å²) < 4.78 is 10.8. The minimum atomic E-state index is -1.55. The van der Waals surface area contributed by atoms with Gasteiger partial charge in [-0.15, -0.1) is 0 Å². The smallest absolute Gasteiger partial charge is 0.342 e. The molecule has 5 atom stereocenters. The van der Waals surface area contributed by atoms with E-state index in [1.165, 1.54) is 13.2 Å². The summed E-state index contributed by atoms with van der Waals surface area (Å²) in [6, 6.07) is 1.26. The molecule has 3 aliphatic rings. The molecule has 1 aromatic carbocycles. The molecule has 0 bridgehead atoms. The van der Waals surface area contributed by atoms with Crippen molar-refractivity contribution in [1.29, 1.82) is 0 Å². The Morgan fingerprint density at radius 3 is 2.55 bits per heavy atom. The van der Waals surface area contributed by atoms with E-state index in [4.69, 9.17) is 21.1 Å². The number of ether oxygens (including phenoxy) is 2. The molecular formula is C24H29ClO6. The van der Waals surface area contributed by atoms with Crippen molar-refractivity contribution in [2.75, 3.05) is 7.11 Å². The topological polar surface area (TPSA) is 93.1 Å². The lowest BCUT2D eigenvalue weighted by Gasteiger charge is -2.64. The quantitative estimate of drug-likeness (QED) is 0.529. The zero-order valence-electron chi connectivity index (χ0n) is 18.5. The second-order valence-electron chi connectivity index (χ2n) is 10.3. The van der Waals surface area contributed by atoms with Crippen molar-refractivity contribution in [3.05, 3.63) is 33.9 Å². The second-order valence-corrected chi connectivity index (χ2v) is 10.7. The van der Waals surface area contributed by atoms with Gasteiger partial charge < -0.3 is 19.7 Å². The van der Waals surface area contributed by atoms with Gasteiger partial charge in [-0.1, -0.05) is 38.4 Å². The van der Waals surface area contributed by atoms with Crippen molar-refractivity contribution in [3.63, 3.8) is 0 Å². The number of phenols is 1. The van der Waals surface area contributed by atoms with E-state index in [9.17, 15) is 19.8 Å². The molecule has 0 unspecified atom stereocenters. The highest BCUT2D eigenvalue weighted by Gasteiger charge is 2.72. The highest BCUT2D eigenvalue weighted by molar-refractivity contribution is 6.33. The Morgan fingerprint density at radius 1 is 1.26 bits per heavy atom. The van der Waals surface area contributed by atoms with Crippen molar-refractivity contribution in [2.24, 2.45) is 22.7 Å². The lowest BCUT2D eigenvalue weighted by Crippen LogP contribution is -2.72. The highest BCUT2D eigenvalue weighted by atomic mass is 35.5. The lowest BCUT2D eigenvalue weighted by atomic mass is 9.44. The molecule has 0 saturated heterocycles. The molecule has 0 aliphatic heterocycles. The predicted molar refractivity (Wildman–Crippen MR) is 115 cm³/mol. The summed E-state index contributed by atoms with van der Waals surface area (Å²) in [5.74, 6) is -0.429. The van der Waals surface area contributed by atoms with Crippen LogP contribution in [0.5, 0.6) is 11.5 Å². The van der Waals surface area contributed by atoms with E-state index in [1.54, 1.807) is 6.92 Å². The summed E-state index contributed by atoms with van der Waals surface area (Å²) in [6.45, 7) is 7.98. The average Bonchev–Trinajstić information content (AvgIpc) is 3.01. The molecule has 0 amide bonds. The number of carbonyl (C=O) groups is 2. The first-order valence-corrected chi connectivity index (χ1v) is 10.9. The molecule has 0 aromatic heterocycles. The normalized spacial score (nSPS) is 35.3. The van der Waals surface area contributed by atoms with E-state index >= 15 is 0 Å². The van der Waals surface area contributed by atoms with Gasteiger partial charge in [0.1, 0.15) is 35.1 Å². The molecule has 168 valence electrons. The third-order valence-electron chi connectivity index (χ3n) is 7.92. The summed E-state index contributed by atoms with van der Waals surface area (Å²) >= 11 is 6.24. The standard InChI is InChI=1S/C24H29ClO6/c1-12-19(16(27)7-17(30-5)20(12)25)21(28)31-18-10-23(4)15-9-22(2,3)8-13(15)6-14(11-26)24(18,23)29/h6-7,11,13,15,18,27,29H,8-10H2,1-5H3/t13-,15+,18-,23-,24+/m0/s1. The number of esters is 1. The van der Waals surface area contributed by atoms with Gasteiger partial charge in [0.15, 0.2) is 0 Å². The second kappa shape index (κ2) is 6.97. The number of phenolic OH excluding ortho intramolecular Hbond substituents is 1. The maximum atomic E-state index is 13.0. The first kappa shape index (κ1) is 22.2. The van der Waals surface area contributed by atoms with Crippen LogP contribution in [0.3, 0.4) is 0 Å². The zero-order valence-corrected chi connectivity index (χ0v) is 19.2. The number of methoxy groups -OCH3 is 1. The van der Waals surface area contributed by atoms with Crippen LogP contribution in [-0.2, 0) is 9.53 Å². The van der Waals surface area contributed by atoms with Crippen LogP contribution in [0.25, 0.3) is 0 Å². The van der Waals surface area contributed by atoms with E-state index in [0.717, 1.165) is 12.8 Å². The van der Waals surface area contributed by atoms with Gasteiger partial charge >= 0.3 is 5.97 Å². The van der Waals surface area contributed by atoms with E-state index < -0.39 is 23.1 Å². The van der Waals surface area contributed by atoms with Crippen LogP contribution in [-0.4, -0.2) is 41.3 Å². The van der Waals surface area contributed by atoms with Gasteiger partial charge in [0.05, 0.1) is 12.1 Å². The molecule has 31 heavy (non-hydrogen) atoms. The Morgan fingerprint density at radius 2 is 1.94 bits per heavy atom. The summed E-state index contributed by atoms with van der Waals surface area (Å²) in [4.78, 5) is 24.9. The van der Waals surface area contributed by atoms with Crippen LogP contribution >= 0.6 is 11.6 Å². The number of rotatable bonds is 4. The van der Waals surface area contributed by atoms with Crippen LogP contribution in [0.2, 0.25) is 5.02 Å². The van der Waals surface area contributed by atoms with E-state index in [2.05, 4.69) is 13.8 Å². The maximum absolute atomic E-state index is 13.0. The summed E-state index contributed by atoms with van der Waals surface area (Å²) in [5, 5.41) is 22.3. The van der Waals surface area contributed by atoms with Crippen LogP contribution in [0.1, 0.15) is 56.0 Å². The van der Waals surface area contributed by atoms with E-state index in [1.807, 2.05) is 13.0 Å². The highest BCUT2D eigenvalue weighted by Crippen LogP contribution is 2.68. The van der Waals surface area contributed by atoms with Gasteiger partial charge in [0.2, 0.25) is 0 Å². The molecule has 0 radical (unpaired) electrons. The third-order valence-corrected chi connectivity index (χ3v) is 8.39. The predicted octanol–water partition coefficient (Wildman–Crippen LogP) is 4.22. The Labute approximate surface area is 187 Å². The van der Waals surface area contributed by atoms with Crippen molar-refractivity contribution >= 4 is 23.9 Å². The van der Waals surface area contributed by atoms with Gasteiger partial charge in [-0.3, -0.25) is 4.79 Å². The fourth-order valence-electron chi connectivity index (χ4n) is 6.31. The molecule has 1 aromatic rings. The monoisotopic (exact) mass is 448 g/mol. The first-order chi connectivity index (χ1) is 14.4. The molecule has 2 fully saturated rings. The SMILES string of the molecule is COc1cc(O)c(C(=O)O[C@H]2C[C@@]3(C)[C@@H]4CC(C)(C)C[C@@H]4C=C(C=O)[C@@]23O)c(C)c1Cl. The molecule has 7 heteroatoms. The minimum absolute atomic E-state index is 0.0738. The third kappa shape index (κ3) is 2.94. The fraction of sp³-hybridized carbons (Fsp3) is 0.583. The average molecular weight is 449 g/mol. The van der Waals surface area contributed by atoms with Crippen LogP contribution in [0.15, 0.2) is 17.7 Å². The van der Waals surface area contributed by atoms with Crippen molar-refractivity contribution in [3.8, 4) is 11.5 Å². The number of allylic oxidation sites excluding steroid dienone is 1. The largest absolute Gasteiger partial charge is 0.507 e. The van der Waals surface area contributed by atoms with Gasteiger partial charge in [0.25, 0.3) is 0 Å². The minimum Gasteiger partial charge on any atom is -0.507 e. The number of halogens is 1. The summed E-state index contributed by atoms with van der Waals surface area (Å²) in [5.41, 5.74) is -1.45. The zero-order chi connectivity index (χ0) is 22.9. The number of hydrogen-bond donors (Lipinski definition) is 2. The number of hydrogen-bond acceptors (Lipinski definition) is 6. The molecule has 3 aliphatic carbocycles. The van der Waals surface area contributed by atoms with Crippen molar-refractivity contribution in [1.82, 2.24) is 0 Å². The Hall–Kier alpha value is -2.05. The van der Waals surface area contributed by atoms with Gasteiger partial charge in [0, 0.05) is 17.1 Å². The summed E-state index contributed by atoms with van der Waals surface area (Å²) in [6.07, 6.45) is 4.02. The van der Waals surface area contributed by atoms with Gasteiger partial charge in [-0.2, -0.15) is 0 Å². The Bertz CT molecular complexity index is 998. The number of fused-ring (bicyclic) bond motifs is 3. The fourth-order valence-corrected chi connectivity index (χ4v) is 6.54. The lowest BCUT2D eigenvalue weighted by molar-refractivity contribution is -0.246.